The minimum absolute atomic E-state index is 0.0106. The first-order chi connectivity index (χ1) is 14.1. The van der Waals surface area contributed by atoms with Crippen LogP contribution in [0.1, 0.15) is 38.8 Å². The summed E-state index contributed by atoms with van der Waals surface area (Å²) in [5.74, 6) is 1.65. The maximum Gasteiger partial charge on any atom is 0.230 e. The van der Waals surface area contributed by atoms with Crippen molar-refractivity contribution in [3.63, 3.8) is 0 Å². The highest BCUT2D eigenvalue weighted by Crippen LogP contribution is 2.25. The van der Waals surface area contributed by atoms with Crippen LogP contribution in [-0.2, 0) is 11.3 Å². The first kappa shape index (κ1) is 21.1. The molecule has 0 unspecified atom stereocenters. The molecule has 0 fully saturated rings. The molecule has 1 aromatic heterocycles. The Balaban J connectivity index is 1.66. The standard InChI is InChI=1S/C23H28N4OS/c1-4-27-22(19-13-9-6-10-14-19)25-26-23(27)29-16-21(28)24-20(15-17(2)3)18-11-7-5-8-12-18/h5-14,17,20H,4,15-16H2,1-3H3,(H,24,28)/t20-/m1/s1. The van der Waals surface area contributed by atoms with Crippen LogP contribution in [0.5, 0.6) is 0 Å². The zero-order valence-electron chi connectivity index (χ0n) is 17.2. The van der Waals surface area contributed by atoms with E-state index < -0.39 is 0 Å². The molecule has 0 aliphatic heterocycles. The van der Waals surface area contributed by atoms with Gasteiger partial charge in [0.15, 0.2) is 11.0 Å². The highest BCUT2D eigenvalue weighted by Gasteiger charge is 2.18. The average Bonchev–Trinajstić information content (AvgIpc) is 3.15. The van der Waals surface area contributed by atoms with Crippen LogP contribution in [0.15, 0.2) is 65.8 Å². The topological polar surface area (TPSA) is 59.8 Å². The van der Waals surface area contributed by atoms with Crippen LogP contribution >= 0.6 is 11.8 Å². The van der Waals surface area contributed by atoms with Gasteiger partial charge in [-0.1, -0.05) is 86.3 Å². The maximum absolute atomic E-state index is 12.7. The van der Waals surface area contributed by atoms with Crippen LogP contribution < -0.4 is 5.32 Å². The molecule has 0 spiro atoms. The van der Waals surface area contributed by atoms with E-state index in [-0.39, 0.29) is 11.9 Å². The van der Waals surface area contributed by atoms with E-state index in [0.717, 1.165) is 35.1 Å². The second-order valence-electron chi connectivity index (χ2n) is 7.37. The third kappa shape index (κ3) is 5.70. The molecule has 0 aliphatic rings. The van der Waals surface area contributed by atoms with Crippen LogP contribution in [-0.4, -0.2) is 26.4 Å². The van der Waals surface area contributed by atoms with Crippen molar-refractivity contribution in [1.29, 1.82) is 0 Å². The summed E-state index contributed by atoms with van der Waals surface area (Å²) in [7, 11) is 0. The van der Waals surface area contributed by atoms with Gasteiger partial charge in [0.25, 0.3) is 0 Å². The van der Waals surface area contributed by atoms with Gasteiger partial charge in [-0.2, -0.15) is 0 Å². The smallest absolute Gasteiger partial charge is 0.230 e. The van der Waals surface area contributed by atoms with E-state index in [9.17, 15) is 4.79 Å². The maximum atomic E-state index is 12.7. The van der Waals surface area contributed by atoms with Crippen molar-refractivity contribution in [3.8, 4) is 11.4 Å². The number of hydrogen-bond acceptors (Lipinski definition) is 4. The van der Waals surface area contributed by atoms with Crippen LogP contribution in [0.4, 0.5) is 0 Å². The number of benzene rings is 2. The highest BCUT2D eigenvalue weighted by atomic mass is 32.2. The molecule has 3 aromatic rings. The molecule has 5 nitrogen and oxygen atoms in total. The van der Waals surface area contributed by atoms with Crippen molar-refractivity contribution in [2.24, 2.45) is 5.92 Å². The molecule has 1 amide bonds. The third-order valence-corrected chi connectivity index (χ3v) is 5.61. The SMILES string of the molecule is CCn1c(SCC(=O)N[C@H](CC(C)C)c2ccccc2)nnc1-c1ccccc1. The number of thioether (sulfide) groups is 1. The van der Waals surface area contributed by atoms with Gasteiger partial charge in [-0.05, 0) is 24.8 Å². The van der Waals surface area contributed by atoms with Crippen LogP contribution in [0, 0.1) is 5.92 Å². The van der Waals surface area contributed by atoms with E-state index in [1.165, 1.54) is 11.8 Å². The molecule has 29 heavy (non-hydrogen) atoms. The second kappa shape index (κ2) is 10.3. The Morgan fingerprint density at radius 2 is 1.69 bits per heavy atom. The van der Waals surface area contributed by atoms with Crippen LogP contribution in [0.2, 0.25) is 0 Å². The highest BCUT2D eigenvalue weighted by molar-refractivity contribution is 7.99. The van der Waals surface area contributed by atoms with E-state index in [1.807, 2.05) is 48.5 Å². The minimum Gasteiger partial charge on any atom is -0.349 e. The first-order valence-electron chi connectivity index (χ1n) is 10.0. The number of aromatic nitrogens is 3. The van der Waals surface area contributed by atoms with Crippen LogP contribution in [0.25, 0.3) is 11.4 Å². The largest absolute Gasteiger partial charge is 0.349 e. The van der Waals surface area contributed by atoms with Gasteiger partial charge < -0.3 is 9.88 Å². The Morgan fingerprint density at radius 1 is 1.03 bits per heavy atom. The molecule has 1 atom stereocenters. The van der Waals surface area contributed by atoms with Gasteiger partial charge in [-0.25, -0.2) is 0 Å². The number of hydrogen-bond donors (Lipinski definition) is 1. The molecular formula is C23H28N4OS. The van der Waals surface area contributed by atoms with E-state index in [1.54, 1.807) is 0 Å². The molecule has 0 saturated heterocycles. The Hall–Kier alpha value is -2.60. The molecule has 0 aliphatic carbocycles. The zero-order chi connectivity index (χ0) is 20.6. The Bertz CT molecular complexity index is 909. The lowest BCUT2D eigenvalue weighted by Crippen LogP contribution is -2.31. The molecule has 1 N–H and O–H groups in total. The van der Waals surface area contributed by atoms with Gasteiger partial charge >= 0.3 is 0 Å². The Kier molecular flexibility index (Phi) is 7.47. The van der Waals surface area contributed by atoms with Gasteiger partial charge in [-0.15, -0.1) is 10.2 Å². The van der Waals surface area contributed by atoms with Gasteiger partial charge in [0.1, 0.15) is 0 Å². The fourth-order valence-electron chi connectivity index (χ4n) is 3.28. The average molecular weight is 409 g/mol. The first-order valence-corrected chi connectivity index (χ1v) is 11.0. The van der Waals surface area contributed by atoms with Crippen molar-refractivity contribution < 1.29 is 4.79 Å². The molecule has 0 saturated carbocycles. The normalized spacial score (nSPS) is 12.1. The summed E-state index contributed by atoms with van der Waals surface area (Å²) in [5.41, 5.74) is 2.17. The van der Waals surface area contributed by atoms with E-state index in [2.05, 4.69) is 53.0 Å². The summed E-state index contributed by atoms with van der Waals surface area (Å²) < 4.78 is 2.05. The second-order valence-corrected chi connectivity index (χ2v) is 8.31. The minimum atomic E-state index is 0.0106. The quantitative estimate of drug-likeness (QED) is 0.508. The molecule has 3 rings (SSSR count). The van der Waals surface area contributed by atoms with Gasteiger partial charge in [0.05, 0.1) is 11.8 Å². The molecule has 152 valence electrons. The van der Waals surface area contributed by atoms with Crippen molar-refractivity contribution >= 4 is 17.7 Å². The van der Waals surface area contributed by atoms with Crippen LogP contribution in [0.3, 0.4) is 0 Å². The Morgan fingerprint density at radius 3 is 2.31 bits per heavy atom. The summed E-state index contributed by atoms with van der Waals surface area (Å²) >= 11 is 1.43. The molecule has 2 aromatic carbocycles. The third-order valence-electron chi connectivity index (χ3n) is 4.64. The van der Waals surface area contributed by atoms with E-state index in [4.69, 9.17) is 0 Å². The van der Waals surface area contributed by atoms with Crippen molar-refractivity contribution in [3.05, 3.63) is 66.2 Å². The van der Waals surface area contributed by atoms with Crippen molar-refractivity contribution in [1.82, 2.24) is 20.1 Å². The van der Waals surface area contributed by atoms with Crippen molar-refractivity contribution in [2.45, 2.75) is 44.9 Å². The summed E-state index contributed by atoms with van der Waals surface area (Å²) in [6.45, 7) is 7.16. The summed E-state index contributed by atoms with van der Waals surface area (Å²) in [4.78, 5) is 12.7. The van der Waals surface area contributed by atoms with Gasteiger partial charge in [-0.3, -0.25) is 4.79 Å². The number of rotatable bonds is 9. The number of carbonyl (C=O) groups excluding carboxylic acids is 1. The number of amides is 1. The Labute approximate surface area is 176 Å². The number of nitrogens with one attached hydrogen (secondary N) is 1. The lowest BCUT2D eigenvalue weighted by Gasteiger charge is -2.21. The number of carbonyl (C=O) groups is 1. The predicted molar refractivity (Wildman–Crippen MR) is 119 cm³/mol. The van der Waals surface area contributed by atoms with Gasteiger partial charge in [0, 0.05) is 12.1 Å². The molecule has 0 bridgehead atoms. The summed E-state index contributed by atoms with van der Waals surface area (Å²) in [5, 5.41) is 12.6. The van der Waals surface area contributed by atoms with Crippen molar-refractivity contribution in [2.75, 3.05) is 5.75 Å². The summed E-state index contributed by atoms with van der Waals surface area (Å²) in [6, 6.07) is 20.2. The molecular weight excluding hydrogens is 380 g/mol. The van der Waals surface area contributed by atoms with E-state index >= 15 is 0 Å². The molecule has 1 heterocycles. The van der Waals surface area contributed by atoms with E-state index in [0.29, 0.717) is 11.7 Å². The van der Waals surface area contributed by atoms with Gasteiger partial charge in [0.2, 0.25) is 5.91 Å². The lowest BCUT2D eigenvalue weighted by molar-refractivity contribution is -0.119. The monoisotopic (exact) mass is 408 g/mol. The fourth-order valence-corrected chi connectivity index (χ4v) is 4.10. The fraction of sp³-hybridized carbons (Fsp3) is 0.348. The predicted octanol–water partition coefficient (Wildman–Crippen LogP) is 4.96. The molecule has 6 heteroatoms. The number of nitrogens with zero attached hydrogens (tertiary/aromatic N) is 3. The lowest BCUT2D eigenvalue weighted by atomic mass is 9.97. The molecule has 0 radical (unpaired) electrons. The summed E-state index contributed by atoms with van der Waals surface area (Å²) in [6.07, 6.45) is 0.906. The zero-order valence-corrected chi connectivity index (χ0v) is 18.0.